The molecule has 0 bridgehead atoms. The molecule has 0 radical (unpaired) electrons. The molecule has 1 fully saturated rings. The highest BCUT2D eigenvalue weighted by atomic mass is 32.1. The van der Waals surface area contributed by atoms with E-state index in [0.717, 1.165) is 55.8 Å². The van der Waals surface area contributed by atoms with Gasteiger partial charge in [-0.2, -0.15) is 0 Å². The van der Waals surface area contributed by atoms with Crippen molar-refractivity contribution in [3.05, 3.63) is 51.5 Å². The van der Waals surface area contributed by atoms with Crippen molar-refractivity contribution in [1.82, 2.24) is 20.9 Å². The van der Waals surface area contributed by atoms with Gasteiger partial charge in [-0.25, -0.2) is 9.98 Å². The molecule has 1 aromatic carbocycles. The Hall–Kier alpha value is -1.96. The molecule has 1 saturated heterocycles. The van der Waals surface area contributed by atoms with Crippen LogP contribution in [0.3, 0.4) is 0 Å². The zero-order valence-corrected chi connectivity index (χ0v) is 19.4. The molecule has 3 N–H and O–H groups in total. The zero-order valence-electron chi connectivity index (χ0n) is 18.6. The maximum absolute atomic E-state index is 5.66. The third kappa shape index (κ3) is 6.27. The Labute approximate surface area is 184 Å². The molecule has 1 unspecified atom stereocenters. The molecule has 1 aliphatic heterocycles. The summed E-state index contributed by atoms with van der Waals surface area (Å²) in [5.74, 6) is 0.836. The van der Waals surface area contributed by atoms with Crippen molar-refractivity contribution in [2.45, 2.75) is 58.7 Å². The number of aliphatic imine (C=N–C) groups is 1. The molecule has 6 nitrogen and oxygen atoms in total. The highest BCUT2D eigenvalue weighted by Gasteiger charge is 2.34. The maximum atomic E-state index is 5.66. The molecule has 2 aromatic rings. The van der Waals surface area contributed by atoms with Gasteiger partial charge in [0.1, 0.15) is 5.01 Å². The summed E-state index contributed by atoms with van der Waals surface area (Å²) in [5, 5.41) is 11.9. The summed E-state index contributed by atoms with van der Waals surface area (Å²) in [6, 6.07) is 10.9. The fourth-order valence-electron chi connectivity index (χ4n) is 3.77. The molecule has 1 aliphatic rings. The summed E-state index contributed by atoms with van der Waals surface area (Å²) in [6.45, 7) is 12.3. The predicted octanol–water partition coefficient (Wildman–Crippen LogP) is 3.72. The third-order valence-corrected chi connectivity index (χ3v) is 6.71. The summed E-state index contributed by atoms with van der Waals surface area (Å²) in [7, 11) is 0. The Bertz CT molecular complexity index is 795. The lowest BCUT2D eigenvalue weighted by atomic mass is 9.88. The Kier molecular flexibility index (Phi) is 8.24. The minimum absolute atomic E-state index is 0.0297. The van der Waals surface area contributed by atoms with E-state index in [9.17, 15) is 0 Å². The van der Waals surface area contributed by atoms with Crippen molar-refractivity contribution in [2.75, 3.05) is 26.3 Å². The molecule has 3 rings (SSSR count). The van der Waals surface area contributed by atoms with Gasteiger partial charge in [-0.3, -0.25) is 0 Å². The molecule has 0 amide bonds. The van der Waals surface area contributed by atoms with E-state index in [2.05, 4.69) is 79.0 Å². The Morgan fingerprint density at radius 3 is 2.57 bits per heavy atom. The van der Waals surface area contributed by atoms with Gasteiger partial charge < -0.3 is 20.7 Å². The Morgan fingerprint density at radius 1 is 1.20 bits per heavy atom. The first-order valence-electron chi connectivity index (χ1n) is 10.9. The summed E-state index contributed by atoms with van der Waals surface area (Å²) in [6.07, 6.45) is 1.95. The standard InChI is InChI=1S/C23H35N5OS/c1-5-24-22(25-15-21-27-17(2)19(4)30-21)26-16-23(11-13-29-14-12-23)28-18(3)20-9-7-6-8-10-20/h6-10,18,28H,5,11-16H2,1-4H3,(H2,24,25,26). The number of nitrogens with one attached hydrogen (secondary N) is 3. The number of rotatable bonds is 8. The van der Waals surface area contributed by atoms with Crippen LogP contribution in [0.25, 0.3) is 0 Å². The van der Waals surface area contributed by atoms with Crippen LogP contribution in [-0.4, -0.2) is 42.8 Å². The number of hydrogen-bond donors (Lipinski definition) is 3. The molecule has 164 valence electrons. The second-order valence-corrected chi connectivity index (χ2v) is 9.26. The predicted molar refractivity (Wildman–Crippen MR) is 125 cm³/mol. The van der Waals surface area contributed by atoms with Crippen LogP contribution < -0.4 is 16.0 Å². The van der Waals surface area contributed by atoms with E-state index >= 15 is 0 Å². The number of aromatic nitrogens is 1. The molecule has 0 saturated carbocycles. The number of guanidine groups is 1. The maximum Gasteiger partial charge on any atom is 0.191 e. The van der Waals surface area contributed by atoms with Crippen molar-refractivity contribution in [1.29, 1.82) is 0 Å². The number of benzene rings is 1. The van der Waals surface area contributed by atoms with Crippen LogP contribution in [0.15, 0.2) is 35.3 Å². The van der Waals surface area contributed by atoms with Crippen LogP contribution in [0, 0.1) is 13.8 Å². The summed E-state index contributed by atoms with van der Waals surface area (Å²) in [4.78, 5) is 10.6. The average molecular weight is 430 g/mol. The lowest BCUT2D eigenvalue weighted by Gasteiger charge is -2.41. The van der Waals surface area contributed by atoms with Gasteiger partial charge in [-0.15, -0.1) is 11.3 Å². The Morgan fingerprint density at radius 2 is 1.93 bits per heavy atom. The topological polar surface area (TPSA) is 70.6 Å². The van der Waals surface area contributed by atoms with Crippen molar-refractivity contribution < 1.29 is 4.74 Å². The summed E-state index contributed by atoms with van der Waals surface area (Å²) >= 11 is 1.72. The molecular formula is C23H35N5OS. The number of ether oxygens (including phenoxy) is 1. The van der Waals surface area contributed by atoms with E-state index in [4.69, 9.17) is 9.73 Å². The normalized spacial score (nSPS) is 17.5. The van der Waals surface area contributed by atoms with Gasteiger partial charge in [0.2, 0.25) is 0 Å². The fourth-order valence-corrected chi connectivity index (χ4v) is 4.63. The molecule has 30 heavy (non-hydrogen) atoms. The van der Waals surface area contributed by atoms with E-state index in [1.807, 2.05) is 0 Å². The number of nitrogens with zero attached hydrogens (tertiary/aromatic N) is 2. The molecule has 2 heterocycles. The molecule has 0 aliphatic carbocycles. The van der Waals surface area contributed by atoms with Gasteiger partial charge in [-0.05, 0) is 46.1 Å². The van der Waals surface area contributed by atoms with Crippen LogP contribution in [-0.2, 0) is 11.3 Å². The minimum atomic E-state index is -0.0297. The van der Waals surface area contributed by atoms with Crippen molar-refractivity contribution in [3.8, 4) is 0 Å². The van der Waals surface area contributed by atoms with Gasteiger partial charge in [0.25, 0.3) is 0 Å². The van der Waals surface area contributed by atoms with Gasteiger partial charge in [0.05, 0.1) is 12.2 Å². The lowest BCUT2D eigenvalue weighted by Crippen LogP contribution is -2.58. The fraction of sp³-hybridized carbons (Fsp3) is 0.565. The first kappa shape index (κ1) is 22.7. The van der Waals surface area contributed by atoms with E-state index in [1.54, 1.807) is 11.3 Å². The minimum Gasteiger partial charge on any atom is -0.381 e. The first-order chi connectivity index (χ1) is 14.5. The Balaban J connectivity index is 1.67. The number of thiazole rings is 1. The second-order valence-electron chi connectivity index (χ2n) is 7.97. The van der Waals surface area contributed by atoms with Crippen LogP contribution >= 0.6 is 11.3 Å². The molecule has 1 atom stereocenters. The smallest absolute Gasteiger partial charge is 0.191 e. The van der Waals surface area contributed by atoms with Gasteiger partial charge in [-0.1, -0.05) is 30.3 Å². The second kappa shape index (κ2) is 10.9. The van der Waals surface area contributed by atoms with Crippen LogP contribution in [0.2, 0.25) is 0 Å². The largest absolute Gasteiger partial charge is 0.381 e. The van der Waals surface area contributed by atoms with E-state index < -0.39 is 0 Å². The highest BCUT2D eigenvalue weighted by molar-refractivity contribution is 7.11. The lowest BCUT2D eigenvalue weighted by molar-refractivity contribution is 0.0355. The van der Waals surface area contributed by atoms with E-state index in [-0.39, 0.29) is 11.6 Å². The first-order valence-corrected chi connectivity index (χ1v) is 11.7. The quantitative estimate of drug-likeness (QED) is 0.441. The summed E-state index contributed by atoms with van der Waals surface area (Å²) < 4.78 is 5.66. The average Bonchev–Trinajstić information content (AvgIpc) is 3.09. The number of aryl methyl sites for hydroxylation is 2. The monoisotopic (exact) mass is 429 g/mol. The van der Waals surface area contributed by atoms with Crippen molar-refractivity contribution in [2.24, 2.45) is 4.99 Å². The van der Waals surface area contributed by atoms with Gasteiger partial charge in [0, 0.05) is 42.8 Å². The SMILES string of the molecule is CCNC(=NCc1nc(C)c(C)s1)NCC1(NC(C)c2ccccc2)CCOCC1. The zero-order chi connectivity index (χ0) is 21.4. The number of hydrogen-bond acceptors (Lipinski definition) is 5. The van der Waals surface area contributed by atoms with E-state index in [1.165, 1.54) is 10.4 Å². The van der Waals surface area contributed by atoms with Crippen LogP contribution in [0.1, 0.15) is 53.9 Å². The van der Waals surface area contributed by atoms with Gasteiger partial charge >= 0.3 is 0 Å². The summed E-state index contributed by atoms with van der Waals surface area (Å²) in [5.41, 5.74) is 2.37. The molecule has 7 heteroatoms. The highest BCUT2D eigenvalue weighted by Crippen LogP contribution is 2.25. The molecule has 0 spiro atoms. The molecule has 1 aromatic heterocycles. The van der Waals surface area contributed by atoms with Crippen LogP contribution in [0.4, 0.5) is 0 Å². The molecular weight excluding hydrogens is 394 g/mol. The van der Waals surface area contributed by atoms with Crippen LogP contribution in [0.5, 0.6) is 0 Å². The van der Waals surface area contributed by atoms with Crippen molar-refractivity contribution >= 4 is 17.3 Å². The van der Waals surface area contributed by atoms with Crippen molar-refractivity contribution in [3.63, 3.8) is 0 Å². The van der Waals surface area contributed by atoms with E-state index in [0.29, 0.717) is 6.54 Å². The third-order valence-electron chi connectivity index (χ3n) is 5.66. The van der Waals surface area contributed by atoms with Gasteiger partial charge in [0.15, 0.2) is 5.96 Å².